The largest absolute Gasteiger partial charge is 0.390 e. The van der Waals surface area contributed by atoms with Crippen molar-refractivity contribution in [3.8, 4) is 0 Å². The van der Waals surface area contributed by atoms with Crippen LogP contribution in [0.5, 0.6) is 0 Å². The van der Waals surface area contributed by atoms with Gasteiger partial charge in [0.05, 0.1) is 0 Å². The van der Waals surface area contributed by atoms with E-state index in [1.807, 2.05) is 6.26 Å². The van der Waals surface area contributed by atoms with Crippen molar-refractivity contribution in [2.45, 2.75) is 25.4 Å². The van der Waals surface area contributed by atoms with Crippen molar-refractivity contribution in [2.75, 3.05) is 17.8 Å². The molecule has 1 amide bonds. The first-order valence-electron chi connectivity index (χ1n) is 5.30. The summed E-state index contributed by atoms with van der Waals surface area (Å²) in [7, 11) is 0. The second-order valence-corrected chi connectivity index (χ2v) is 4.91. The van der Waals surface area contributed by atoms with Crippen molar-refractivity contribution in [1.29, 1.82) is 0 Å². The average Bonchev–Trinajstić information content (AvgIpc) is 2.32. The second kappa shape index (κ2) is 9.23. The molecule has 0 aliphatic heterocycles. The molecule has 18 heavy (non-hydrogen) atoms. The smallest absolute Gasteiger partial charge is 0.337 e. The van der Waals surface area contributed by atoms with Gasteiger partial charge < -0.3 is 15.8 Å². The first-order chi connectivity index (χ1) is 8.42. The highest BCUT2D eigenvalue weighted by Crippen LogP contribution is 2.02. The molecule has 6 nitrogen and oxygen atoms in total. The second-order valence-electron chi connectivity index (χ2n) is 3.56. The summed E-state index contributed by atoms with van der Waals surface area (Å²) in [4.78, 5) is 33.8. The maximum Gasteiger partial charge on any atom is 0.337 e. The third-order valence-electron chi connectivity index (χ3n) is 1.98. The van der Waals surface area contributed by atoms with Gasteiger partial charge in [-0.05, 0) is 18.4 Å². The number of hydrogen-bond acceptors (Lipinski definition) is 7. The highest BCUT2D eigenvalue weighted by Gasteiger charge is 2.25. The number of nitrogens with one attached hydrogen (secondary N) is 1. The molecule has 0 spiro atoms. The lowest BCUT2D eigenvalue weighted by Gasteiger charge is -2.15. The summed E-state index contributed by atoms with van der Waals surface area (Å²) in [5.41, 5.74) is 5.55. The van der Waals surface area contributed by atoms with Gasteiger partial charge in [0.1, 0.15) is 12.1 Å². The summed E-state index contributed by atoms with van der Waals surface area (Å²) < 4.78 is 4.59. The first kappa shape index (κ1) is 17.3. The van der Waals surface area contributed by atoms with Crippen LogP contribution in [0.1, 0.15) is 13.3 Å². The van der Waals surface area contributed by atoms with Gasteiger partial charge in [-0.15, -0.1) is 0 Å². The minimum absolute atomic E-state index is 0.0474. The van der Waals surface area contributed by atoms with Gasteiger partial charge in [-0.1, -0.05) is 0 Å². The van der Waals surface area contributed by atoms with Crippen LogP contribution in [0.15, 0.2) is 0 Å². The Morgan fingerprint density at radius 3 is 2.44 bits per heavy atom. The molecule has 2 atom stereocenters. The van der Waals surface area contributed by atoms with Gasteiger partial charge in [0, 0.05) is 12.7 Å². The number of thiol groups is 1. The predicted molar refractivity (Wildman–Crippen MR) is 73.5 cm³/mol. The number of esters is 2. The van der Waals surface area contributed by atoms with Gasteiger partial charge in [0.2, 0.25) is 5.91 Å². The number of thioether (sulfide) groups is 1. The van der Waals surface area contributed by atoms with Gasteiger partial charge in [-0.25, -0.2) is 9.59 Å². The van der Waals surface area contributed by atoms with E-state index < -0.39 is 29.9 Å². The number of carbonyl (C=O) groups is 3. The number of carbonyl (C=O) groups excluding carboxylic acids is 3. The molecule has 0 heterocycles. The van der Waals surface area contributed by atoms with E-state index in [4.69, 9.17) is 5.73 Å². The number of nitrogens with two attached hydrogens (primary N) is 1. The molecule has 0 radical (unpaired) electrons. The van der Waals surface area contributed by atoms with Gasteiger partial charge in [0.25, 0.3) is 0 Å². The van der Waals surface area contributed by atoms with Gasteiger partial charge >= 0.3 is 11.9 Å². The zero-order chi connectivity index (χ0) is 14.1. The normalized spacial score (nSPS) is 13.6. The molecular weight excluding hydrogens is 276 g/mol. The highest BCUT2D eigenvalue weighted by atomic mass is 32.2. The van der Waals surface area contributed by atoms with Crippen molar-refractivity contribution >= 4 is 42.2 Å². The van der Waals surface area contributed by atoms with Crippen LogP contribution in [0, 0.1) is 0 Å². The SMILES string of the molecule is CSCC[C@H](N)C(=O)OC(=O)[C@H](CS)NC(C)=O. The van der Waals surface area contributed by atoms with E-state index in [-0.39, 0.29) is 5.75 Å². The van der Waals surface area contributed by atoms with Gasteiger partial charge in [-0.3, -0.25) is 4.79 Å². The van der Waals surface area contributed by atoms with E-state index in [0.29, 0.717) is 12.2 Å². The lowest BCUT2D eigenvalue weighted by atomic mass is 10.2. The van der Waals surface area contributed by atoms with E-state index >= 15 is 0 Å². The molecule has 104 valence electrons. The topological polar surface area (TPSA) is 98.5 Å². The third-order valence-corrected chi connectivity index (χ3v) is 2.99. The summed E-state index contributed by atoms with van der Waals surface area (Å²) >= 11 is 5.44. The number of amides is 1. The highest BCUT2D eigenvalue weighted by molar-refractivity contribution is 7.98. The molecule has 0 fully saturated rings. The minimum Gasteiger partial charge on any atom is -0.390 e. The Morgan fingerprint density at radius 1 is 1.39 bits per heavy atom. The predicted octanol–water partition coefficient (Wildman–Crippen LogP) is -0.429. The van der Waals surface area contributed by atoms with Crippen LogP contribution < -0.4 is 11.1 Å². The number of rotatable bonds is 7. The van der Waals surface area contributed by atoms with Crippen molar-refractivity contribution < 1.29 is 19.1 Å². The first-order valence-corrected chi connectivity index (χ1v) is 7.33. The zero-order valence-electron chi connectivity index (χ0n) is 10.3. The summed E-state index contributed by atoms with van der Waals surface area (Å²) in [6, 6.07) is -1.78. The van der Waals surface area contributed by atoms with E-state index in [1.165, 1.54) is 6.92 Å². The molecule has 0 aromatic carbocycles. The summed E-state index contributed by atoms with van der Waals surface area (Å²) in [6.45, 7) is 1.26. The van der Waals surface area contributed by atoms with Gasteiger partial charge in [0.15, 0.2) is 0 Å². The Bertz CT molecular complexity index is 312. The summed E-state index contributed by atoms with van der Waals surface area (Å²) in [5, 5.41) is 2.33. The lowest BCUT2D eigenvalue weighted by Crippen LogP contribution is -2.45. The maximum absolute atomic E-state index is 11.5. The van der Waals surface area contributed by atoms with Crippen molar-refractivity contribution in [2.24, 2.45) is 5.73 Å². The van der Waals surface area contributed by atoms with Crippen molar-refractivity contribution in [3.05, 3.63) is 0 Å². The molecule has 0 aromatic heterocycles. The van der Waals surface area contributed by atoms with Crippen LogP contribution in [0.4, 0.5) is 0 Å². The van der Waals surface area contributed by atoms with Crippen molar-refractivity contribution in [3.63, 3.8) is 0 Å². The van der Waals surface area contributed by atoms with Crippen LogP contribution in [-0.2, 0) is 19.1 Å². The molecule has 8 heteroatoms. The van der Waals surface area contributed by atoms with E-state index in [9.17, 15) is 14.4 Å². The average molecular weight is 294 g/mol. The Kier molecular flexibility index (Phi) is 8.86. The molecule has 0 unspecified atom stereocenters. The quantitative estimate of drug-likeness (QED) is 0.335. The van der Waals surface area contributed by atoms with Crippen LogP contribution >= 0.6 is 24.4 Å². The van der Waals surface area contributed by atoms with Crippen LogP contribution in [0.25, 0.3) is 0 Å². The maximum atomic E-state index is 11.5. The summed E-state index contributed by atoms with van der Waals surface area (Å²) in [6.07, 6.45) is 2.32. The fourth-order valence-electron chi connectivity index (χ4n) is 1.03. The molecule has 0 saturated heterocycles. The fraction of sp³-hybridized carbons (Fsp3) is 0.700. The molecule has 0 saturated carbocycles. The minimum atomic E-state index is -0.942. The lowest BCUT2D eigenvalue weighted by molar-refractivity contribution is -0.162. The Morgan fingerprint density at radius 2 is 2.00 bits per heavy atom. The fourth-order valence-corrected chi connectivity index (χ4v) is 1.76. The molecule has 0 rings (SSSR count). The Hall–Kier alpha value is -0.730. The van der Waals surface area contributed by atoms with Gasteiger partial charge in [-0.2, -0.15) is 24.4 Å². The molecule has 0 aliphatic carbocycles. The Balaban J connectivity index is 4.27. The van der Waals surface area contributed by atoms with E-state index in [0.717, 1.165) is 0 Å². The number of hydrogen-bond donors (Lipinski definition) is 3. The van der Waals surface area contributed by atoms with Crippen LogP contribution in [0.3, 0.4) is 0 Å². The summed E-state index contributed by atoms with van der Waals surface area (Å²) in [5.74, 6) is -1.28. The standard InChI is InChI=1S/C10H18N2O4S2/c1-6(13)12-8(5-17)10(15)16-9(14)7(11)3-4-18-2/h7-8,17H,3-5,11H2,1-2H3,(H,12,13)/t7-,8-/m0/s1. The monoisotopic (exact) mass is 294 g/mol. The van der Waals surface area contributed by atoms with E-state index in [1.54, 1.807) is 11.8 Å². The molecule has 0 bridgehead atoms. The molecule has 0 aliphatic rings. The van der Waals surface area contributed by atoms with Crippen LogP contribution in [-0.4, -0.2) is 47.7 Å². The molecular formula is C10H18N2O4S2. The van der Waals surface area contributed by atoms with Crippen molar-refractivity contribution in [1.82, 2.24) is 5.32 Å². The van der Waals surface area contributed by atoms with Crippen LogP contribution in [0.2, 0.25) is 0 Å². The molecule has 3 N–H and O–H groups in total. The number of ether oxygens (including phenoxy) is 1. The Labute approximate surface area is 116 Å². The zero-order valence-corrected chi connectivity index (χ0v) is 12.1. The third kappa shape index (κ3) is 6.87. The van der Waals surface area contributed by atoms with E-state index in [2.05, 4.69) is 22.7 Å². The molecule has 0 aromatic rings.